The van der Waals surface area contributed by atoms with Crippen molar-refractivity contribution in [2.45, 2.75) is 11.8 Å². The van der Waals surface area contributed by atoms with Gasteiger partial charge in [0, 0.05) is 6.20 Å². The molecule has 0 aliphatic heterocycles. The Morgan fingerprint density at radius 3 is 2.26 bits per heavy atom. The van der Waals surface area contributed by atoms with Crippen molar-refractivity contribution in [2.75, 3.05) is 5.73 Å². The Bertz CT molecular complexity index is 820. The molecular formula is C13H13Cl2N3O4S. The van der Waals surface area contributed by atoms with Crippen LogP contribution in [0.4, 0.5) is 5.82 Å². The van der Waals surface area contributed by atoms with Crippen LogP contribution in [0.3, 0.4) is 0 Å². The molecule has 0 radical (unpaired) electrons. The zero-order chi connectivity index (χ0) is 17.8. The molecule has 0 bridgehead atoms. The number of carboxylic acids is 1. The smallest absolute Gasteiger partial charge is 0.337 e. The topological polar surface area (TPSA) is 136 Å². The van der Waals surface area contributed by atoms with E-state index in [-0.39, 0.29) is 15.6 Å². The molecule has 1 aromatic heterocycles. The molecule has 7 nitrogen and oxygen atoms in total. The quantitative estimate of drug-likeness (QED) is 0.734. The summed E-state index contributed by atoms with van der Waals surface area (Å²) in [5, 5.41) is 13.1. The van der Waals surface area contributed by atoms with Crippen molar-refractivity contribution in [3.63, 3.8) is 0 Å². The minimum atomic E-state index is -4.06. The standard InChI is InChI=1S/C7H5Cl2NO4S.C6H8N2/c8-4-2-5(9)6(15(10,13)14)1-3(4)7(11)12;1-5-3-2-4-8-6(5)7/h1-2H,(H,11,12)(H2,10,13,14);2-4H,1H3,(H2,7,8). The summed E-state index contributed by atoms with van der Waals surface area (Å²) >= 11 is 11.1. The van der Waals surface area contributed by atoms with Gasteiger partial charge in [-0.1, -0.05) is 29.3 Å². The number of hydrogen-bond donors (Lipinski definition) is 3. The zero-order valence-corrected chi connectivity index (χ0v) is 14.2. The van der Waals surface area contributed by atoms with Crippen LogP contribution in [0, 0.1) is 6.92 Å². The van der Waals surface area contributed by atoms with E-state index in [2.05, 4.69) is 4.98 Å². The zero-order valence-electron chi connectivity index (χ0n) is 11.8. The van der Waals surface area contributed by atoms with E-state index in [9.17, 15) is 13.2 Å². The van der Waals surface area contributed by atoms with Gasteiger partial charge in [0.1, 0.15) is 10.7 Å². The predicted octanol–water partition coefficient (Wildman–Crippen LogP) is 2.31. The molecule has 1 heterocycles. The number of anilines is 1. The summed E-state index contributed by atoms with van der Waals surface area (Å²) < 4.78 is 22.0. The van der Waals surface area contributed by atoms with Crippen LogP contribution in [0.2, 0.25) is 10.0 Å². The first-order valence-electron chi connectivity index (χ1n) is 5.96. The van der Waals surface area contributed by atoms with Crippen LogP contribution in [-0.4, -0.2) is 24.5 Å². The number of rotatable bonds is 2. The normalized spacial score (nSPS) is 10.6. The highest BCUT2D eigenvalue weighted by atomic mass is 35.5. The number of carbonyl (C=O) groups is 1. The molecule has 0 saturated carbocycles. The van der Waals surface area contributed by atoms with Crippen LogP contribution in [0.15, 0.2) is 35.4 Å². The summed E-state index contributed by atoms with van der Waals surface area (Å²) in [6, 6.07) is 5.64. The second kappa shape index (κ2) is 7.60. The first kappa shape index (κ1) is 19.2. The van der Waals surface area contributed by atoms with Crippen molar-refractivity contribution >= 4 is 45.0 Å². The predicted molar refractivity (Wildman–Crippen MR) is 88.2 cm³/mol. The number of sulfonamides is 1. The number of nitrogen functional groups attached to an aromatic ring is 1. The molecule has 10 heteroatoms. The molecule has 0 spiro atoms. The van der Waals surface area contributed by atoms with E-state index in [0.717, 1.165) is 17.7 Å². The van der Waals surface area contributed by atoms with E-state index < -0.39 is 20.9 Å². The Labute approximate surface area is 142 Å². The Morgan fingerprint density at radius 1 is 1.26 bits per heavy atom. The van der Waals surface area contributed by atoms with Crippen molar-refractivity contribution in [3.8, 4) is 0 Å². The van der Waals surface area contributed by atoms with Gasteiger partial charge in [-0.15, -0.1) is 0 Å². The lowest BCUT2D eigenvalue weighted by atomic mass is 10.2. The van der Waals surface area contributed by atoms with Crippen LogP contribution in [0.25, 0.3) is 0 Å². The monoisotopic (exact) mass is 377 g/mol. The second-order valence-corrected chi connectivity index (χ2v) is 6.66. The van der Waals surface area contributed by atoms with Crippen LogP contribution in [0.1, 0.15) is 15.9 Å². The van der Waals surface area contributed by atoms with Gasteiger partial charge in [-0.25, -0.2) is 23.3 Å². The molecule has 5 N–H and O–H groups in total. The number of nitrogens with two attached hydrogens (primary N) is 2. The number of nitrogens with zero attached hydrogens (tertiary/aromatic N) is 1. The van der Waals surface area contributed by atoms with E-state index in [1.54, 1.807) is 6.20 Å². The van der Waals surface area contributed by atoms with Gasteiger partial charge in [0.2, 0.25) is 10.0 Å². The number of primary sulfonamides is 1. The highest BCUT2D eigenvalue weighted by molar-refractivity contribution is 7.89. The fourth-order valence-electron chi connectivity index (χ4n) is 1.41. The molecule has 0 fully saturated rings. The van der Waals surface area contributed by atoms with Crippen LogP contribution >= 0.6 is 23.2 Å². The number of carboxylic acid groups (broad SMARTS) is 1. The van der Waals surface area contributed by atoms with E-state index in [0.29, 0.717) is 5.82 Å². The number of hydrogen-bond acceptors (Lipinski definition) is 5. The third-order valence-corrected chi connectivity index (χ3v) is 4.30. The maximum atomic E-state index is 11.0. The fraction of sp³-hybridized carbons (Fsp3) is 0.0769. The molecule has 2 aromatic rings. The lowest BCUT2D eigenvalue weighted by molar-refractivity contribution is 0.0697. The van der Waals surface area contributed by atoms with Gasteiger partial charge in [-0.2, -0.15) is 0 Å². The van der Waals surface area contributed by atoms with Crippen LogP contribution in [0.5, 0.6) is 0 Å². The average Bonchev–Trinajstić information content (AvgIpc) is 2.41. The fourth-order valence-corrected chi connectivity index (χ4v) is 2.81. The summed E-state index contributed by atoms with van der Waals surface area (Å²) in [6.07, 6.45) is 1.68. The summed E-state index contributed by atoms with van der Waals surface area (Å²) in [5.41, 5.74) is 6.07. The summed E-state index contributed by atoms with van der Waals surface area (Å²) in [6.45, 7) is 1.93. The molecule has 0 unspecified atom stereocenters. The molecule has 124 valence electrons. The van der Waals surface area contributed by atoms with Crippen molar-refractivity contribution < 1.29 is 18.3 Å². The van der Waals surface area contributed by atoms with E-state index in [4.69, 9.17) is 39.2 Å². The SMILES string of the molecule is Cc1cccnc1N.NS(=O)(=O)c1cc(C(=O)O)c(Cl)cc1Cl. The first-order valence-corrected chi connectivity index (χ1v) is 8.26. The minimum absolute atomic E-state index is 0.153. The lowest BCUT2D eigenvalue weighted by Gasteiger charge is -2.04. The van der Waals surface area contributed by atoms with Gasteiger partial charge in [0.05, 0.1) is 15.6 Å². The molecule has 0 aliphatic rings. The second-order valence-electron chi connectivity index (χ2n) is 4.32. The maximum absolute atomic E-state index is 11.0. The number of benzene rings is 1. The van der Waals surface area contributed by atoms with E-state index in [1.807, 2.05) is 19.1 Å². The highest BCUT2D eigenvalue weighted by Gasteiger charge is 2.19. The number of halogens is 2. The van der Waals surface area contributed by atoms with E-state index in [1.165, 1.54) is 0 Å². The van der Waals surface area contributed by atoms with Gasteiger partial charge >= 0.3 is 5.97 Å². The highest BCUT2D eigenvalue weighted by Crippen LogP contribution is 2.27. The van der Waals surface area contributed by atoms with Gasteiger partial charge in [0.15, 0.2) is 0 Å². The summed E-state index contributed by atoms with van der Waals surface area (Å²) in [4.78, 5) is 14.0. The molecule has 0 aliphatic carbocycles. The molecule has 0 saturated heterocycles. The third kappa shape index (κ3) is 5.36. The minimum Gasteiger partial charge on any atom is -0.478 e. The number of aryl methyl sites for hydroxylation is 1. The maximum Gasteiger partial charge on any atom is 0.337 e. The van der Waals surface area contributed by atoms with Gasteiger partial charge in [0.25, 0.3) is 0 Å². The molecule has 2 rings (SSSR count). The first-order chi connectivity index (χ1) is 10.5. The molecule has 0 amide bonds. The van der Waals surface area contributed by atoms with Crippen molar-refractivity contribution in [3.05, 3.63) is 51.6 Å². The Kier molecular flexibility index (Phi) is 6.34. The van der Waals surface area contributed by atoms with Gasteiger partial charge in [-0.3, -0.25) is 0 Å². The number of aromatic nitrogens is 1. The van der Waals surface area contributed by atoms with Gasteiger partial charge < -0.3 is 10.8 Å². The Morgan fingerprint density at radius 2 is 1.87 bits per heavy atom. The Hall–Kier alpha value is -1.87. The number of pyridine rings is 1. The van der Waals surface area contributed by atoms with E-state index >= 15 is 0 Å². The molecular weight excluding hydrogens is 365 g/mol. The van der Waals surface area contributed by atoms with Crippen LogP contribution in [-0.2, 0) is 10.0 Å². The lowest BCUT2D eigenvalue weighted by Crippen LogP contribution is -2.14. The van der Waals surface area contributed by atoms with Crippen molar-refractivity contribution in [1.29, 1.82) is 0 Å². The summed E-state index contributed by atoms with van der Waals surface area (Å²) in [5.74, 6) is -0.742. The van der Waals surface area contributed by atoms with Crippen molar-refractivity contribution in [2.24, 2.45) is 5.14 Å². The van der Waals surface area contributed by atoms with Gasteiger partial charge in [-0.05, 0) is 30.7 Å². The molecule has 0 atom stereocenters. The largest absolute Gasteiger partial charge is 0.478 e. The molecule has 23 heavy (non-hydrogen) atoms. The molecule has 1 aromatic carbocycles. The van der Waals surface area contributed by atoms with Crippen LogP contribution < -0.4 is 10.9 Å². The third-order valence-electron chi connectivity index (χ3n) is 2.61. The Balaban J connectivity index is 0.000000277. The number of aromatic carboxylic acids is 1. The summed E-state index contributed by atoms with van der Waals surface area (Å²) in [7, 11) is -4.06. The average molecular weight is 378 g/mol. The van der Waals surface area contributed by atoms with Crippen molar-refractivity contribution in [1.82, 2.24) is 4.98 Å².